The van der Waals surface area contributed by atoms with E-state index < -0.39 is 0 Å². The second kappa shape index (κ2) is 2.48. The third-order valence-corrected chi connectivity index (χ3v) is 2.30. The monoisotopic (exact) mass is 185 g/mol. The zero-order valence-corrected chi connectivity index (χ0v) is 7.28. The van der Waals surface area contributed by atoms with Gasteiger partial charge in [-0.3, -0.25) is 4.79 Å². The van der Waals surface area contributed by atoms with E-state index in [1.54, 1.807) is 12.3 Å². The highest BCUT2D eigenvalue weighted by Gasteiger charge is 2.13. The Labute approximate surface area is 80.0 Å². The molecule has 0 atom stereocenters. The fourth-order valence-electron chi connectivity index (χ4n) is 1.69. The van der Waals surface area contributed by atoms with Crippen LogP contribution in [0.2, 0.25) is 0 Å². The lowest BCUT2D eigenvalue weighted by Crippen LogP contribution is -2.05. The molecule has 14 heavy (non-hydrogen) atoms. The van der Waals surface area contributed by atoms with Gasteiger partial charge < -0.3 is 9.73 Å². The molecule has 1 aliphatic heterocycles. The largest absolute Gasteiger partial charge is 0.462 e. The molecule has 3 rings (SSSR count). The van der Waals surface area contributed by atoms with E-state index in [4.69, 9.17) is 4.42 Å². The number of hydrogen-bond donors (Lipinski definition) is 1. The van der Waals surface area contributed by atoms with Crippen molar-refractivity contribution in [2.45, 2.75) is 0 Å². The Hall–Kier alpha value is -2.03. The van der Waals surface area contributed by atoms with Gasteiger partial charge in [-0.2, -0.15) is 0 Å². The molecule has 2 aromatic rings. The predicted molar refractivity (Wildman–Crippen MR) is 53.9 cm³/mol. The third-order valence-electron chi connectivity index (χ3n) is 2.30. The smallest absolute Gasteiger partial charge is 0.248 e. The molecule has 0 saturated carbocycles. The topological polar surface area (TPSA) is 42.2 Å². The minimum atomic E-state index is -0.121. The number of amides is 1. The Morgan fingerprint density at radius 1 is 1.21 bits per heavy atom. The fourth-order valence-corrected chi connectivity index (χ4v) is 1.69. The fraction of sp³-hybridized carbons (Fsp3) is 0. The summed E-state index contributed by atoms with van der Waals surface area (Å²) < 4.78 is 5.32. The van der Waals surface area contributed by atoms with Crippen LogP contribution >= 0.6 is 0 Å². The second-order valence-electron chi connectivity index (χ2n) is 3.19. The van der Waals surface area contributed by atoms with Crippen molar-refractivity contribution in [1.29, 1.82) is 0 Å². The Morgan fingerprint density at radius 2 is 2.14 bits per heavy atom. The first kappa shape index (κ1) is 7.38. The number of anilines is 1. The first-order chi connectivity index (χ1) is 6.84. The van der Waals surface area contributed by atoms with Crippen molar-refractivity contribution in [2.75, 3.05) is 5.32 Å². The van der Waals surface area contributed by atoms with Crippen molar-refractivity contribution in [1.82, 2.24) is 0 Å². The maximum atomic E-state index is 11.2. The summed E-state index contributed by atoms with van der Waals surface area (Å²) >= 11 is 0. The zero-order chi connectivity index (χ0) is 9.54. The lowest BCUT2D eigenvalue weighted by Gasteiger charge is -1.96. The van der Waals surface area contributed by atoms with E-state index in [9.17, 15) is 4.79 Å². The van der Waals surface area contributed by atoms with Gasteiger partial charge in [0.15, 0.2) is 0 Å². The summed E-state index contributed by atoms with van der Waals surface area (Å²) in [6.45, 7) is 0. The number of furan rings is 1. The van der Waals surface area contributed by atoms with E-state index in [0.717, 1.165) is 22.2 Å². The van der Waals surface area contributed by atoms with Crippen LogP contribution in [0, 0.1) is 0 Å². The Balaban J connectivity index is 2.45. The average molecular weight is 185 g/mol. The van der Waals surface area contributed by atoms with Gasteiger partial charge in [0.2, 0.25) is 5.91 Å². The molecule has 0 spiro atoms. The molecule has 1 aromatic heterocycles. The molecular weight excluding hydrogens is 178 g/mol. The van der Waals surface area contributed by atoms with Gasteiger partial charge in [0.05, 0.1) is 11.1 Å². The molecule has 1 N–H and O–H groups in total. The quantitative estimate of drug-likeness (QED) is 0.684. The van der Waals surface area contributed by atoms with Crippen LogP contribution < -0.4 is 5.32 Å². The van der Waals surface area contributed by atoms with Gasteiger partial charge in [-0.25, -0.2) is 0 Å². The first-order valence-corrected chi connectivity index (χ1v) is 4.34. The van der Waals surface area contributed by atoms with Gasteiger partial charge >= 0.3 is 0 Å². The summed E-state index contributed by atoms with van der Waals surface area (Å²) in [7, 11) is 0. The summed E-state index contributed by atoms with van der Waals surface area (Å²) in [6.07, 6.45) is 4.89. The molecule has 68 valence electrons. The molecule has 0 bridgehead atoms. The molecule has 3 heteroatoms. The van der Waals surface area contributed by atoms with Crippen LogP contribution in [0.4, 0.5) is 5.69 Å². The van der Waals surface area contributed by atoms with Crippen molar-refractivity contribution in [3.63, 3.8) is 0 Å². The molecule has 0 radical (unpaired) electrons. The minimum Gasteiger partial charge on any atom is -0.462 e. The van der Waals surface area contributed by atoms with Gasteiger partial charge in [-0.1, -0.05) is 12.1 Å². The van der Waals surface area contributed by atoms with Crippen molar-refractivity contribution in [3.8, 4) is 0 Å². The maximum Gasteiger partial charge on any atom is 0.248 e. The Morgan fingerprint density at radius 3 is 3.07 bits per heavy atom. The highest BCUT2D eigenvalue weighted by atomic mass is 16.3. The number of carbonyl (C=O) groups is 1. The number of carbonyl (C=O) groups excluding carboxylic acids is 1. The molecule has 0 aliphatic carbocycles. The standard InChI is InChI=1S/C11H7NO2/c13-10-5-4-7-2-1-3-9-11(7)8(12-10)6-14-9/h1-6H,(H,12,13). The molecule has 1 amide bonds. The van der Waals surface area contributed by atoms with Crippen LogP contribution in [0.1, 0.15) is 5.56 Å². The van der Waals surface area contributed by atoms with Gasteiger partial charge in [-0.15, -0.1) is 0 Å². The minimum absolute atomic E-state index is 0.121. The van der Waals surface area contributed by atoms with E-state index in [-0.39, 0.29) is 5.91 Å². The molecular formula is C11H7NO2. The van der Waals surface area contributed by atoms with Crippen LogP contribution in [0.15, 0.2) is 35.0 Å². The number of hydrogen-bond acceptors (Lipinski definition) is 2. The maximum absolute atomic E-state index is 11.2. The van der Waals surface area contributed by atoms with Crippen LogP contribution in [-0.2, 0) is 4.79 Å². The summed E-state index contributed by atoms with van der Waals surface area (Å²) in [5.74, 6) is -0.121. The highest BCUT2D eigenvalue weighted by molar-refractivity contribution is 6.12. The Kier molecular flexibility index (Phi) is 1.31. The highest BCUT2D eigenvalue weighted by Crippen LogP contribution is 2.31. The van der Waals surface area contributed by atoms with Crippen molar-refractivity contribution in [3.05, 3.63) is 36.1 Å². The first-order valence-electron chi connectivity index (χ1n) is 4.34. The number of rotatable bonds is 0. The normalized spacial score (nSPS) is 14.1. The number of nitrogens with one attached hydrogen (secondary N) is 1. The molecule has 2 heterocycles. The van der Waals surface area contributed by atoms with Gasteiger partial charge in [0, 0.05) is 6.08 Å². The van der Waals surface area contributed by atoms with Crippen LogP contribution in [0.5, 0.6) is 0 Å². The summed E-state index contributed by atoms with van der Waals surface area (Å²) in [5, 5.41) is 3.71. The lowest BCUT2D eigenvalue weighted by molar-refractivity contribution is -0.111. The van der Waals surface area contributed by atoms with E-state index in [0.29, 0.717) is 0 Å². The van der Waals surface area contributed by atoms with E-state index in [1.165, 1.54) is 6.08 Å². The molecule has 1 aliphatic rings. The molecule has 3 nitrogen and oxygen atoms in total. The van der Waals surface area contributed by atoms with Crippen molar-refractivity contribution in [2.24, 2.45) is 0 Å². The molecule has 0 saturated heterocycles. The predicted octanol–water partition coefficient (Wildman–Crippen LogP) is 2.40. The van der Waals surface area contributed by atoms with Crippen LogP contribution in [-0.4, -0.2) is 5.91 Å². The van der Waals surface area contributed by atoms with Crippen molar-refractivity contribution < 1.29 is 9.21 Å². The lowest BCUT2D eigenvalue weighted by atomic mass is 10.1. The van der Waals surface area contributed by atoms with Crippen LogP contribution in [0.25, 0.3) is 17.0 Å². The molecule has 0 fully saturated rings. The Bertz CT molecular complexity index is 551. The van der Waals surface area contributed by atoms with Crippen molar-refractivity contribution >= 4 is 28.6 Å². The van der Waals surface area contributed by atoms with E-state index in [1.807, 2.05) is 18.2 Å². The zero-order valence-electron chi connectivity index (χ0n) is 7.28. The van der Waals surface area contributed by atoms with Gasteiger partial charge in [0.25, 0.3) is 0 Å². The van der Waals surface area contributed by atoms with Gasteiger partial charge in [-0.05, 0) is 17.7 Å². The van der Waals surface area contributed by atoms with Crippen LogP contribution in [0.3, 0.4) is 0 Å². The molecule has 0 unspecified atom stereocenters. The summed E-state index contributed by atoms with van der Waals surface area (Å²) in [5.41, 5.74) is 2.54. The summed E-state index contributed by atoms with van der Waals surface area (Å²) in [6, 6.07) is 5.75. The third kappa shape index (κ3) is 0.893. The van der Waals surface area contributed by atoms with E-state index in [2.05, 4.69) is 5.32 Å². The second-order valence-corrected chi connectivity index (χ2v) is 3.19. The SMILES string of the molecule is O=C1C=Cc2cccc3occ(c23)N1. The number of benzene rings is 1. The van der Waals surface area contributed by atoms with Gasteiger partial charge in [0.1, 0.15) is 11.8 Å². The summed E-state index contributed by atoms with van der Waals surface area (Å²) in [4.78, 5) is 11.2. The molecule has 1 aromatic carbocycles. The average Bonchev–Trinajstić information content (AvgIpc) is 2.51. The van der Waals surface area contributed by atoms with E-state index >= 15 is 0 Å².